The smallest absolute Gasteiger partial charge is 0.122 e. The summed E-state index contributed by atoms with van der Waals surface area (Å²) in [7, 11) is 0. The Bertz CT molecular complexity index is 297. The van der Waals surface area contributed by atoms with Crippen LogP contribution in [0.5, 0.6) is 5.75 Å². The van der Waals surface area contributed by atoms with E-state index in [4.69, 9.17) is 5.11 Å². The van der Waals surface area contributed by atoms with Gasteiger partial charge in [0.1, 0.15) is 5.75 Å². The fourth-order valence-corrected chi connectivity index (χ4v) is 1.93. The van der Waals surface area contributed by atoms with Crippen molar-refractivity contribution in [3.8, 4) is 5.75 Å². The molecule has 72 valence electrons. The topological polar surface area (TPSA) is 40.5 Å². The second kappa shape index (κ2) is 4.53. The van der Waals surface area contributed by atoms with Crippen LogP contribution in [0.1, 0.15) is 11.1 Å². The number of hydrogen-bond acceptors (Lipinski definition) is 3. The molecule has 0 spiro atoms. The molecule has 0 bridgehead atoms. The van der Waals surface area contributed by atoms with Crippen LogP contribution >= 0.6 is 11.8 Å². The minimum Gasteiger partial charge on any atom is -0.507 e. The predicted molar refractivity (Wildman–Crippen MR) is 55.4 cm³/mol. The van der Waals surface area contributed by atoms with Gasteiger partial charge in [0.2, 0.25) is 0 Å². The second-order valence-electron chi connectivity index (χ2n) is 2.89. The van der Waals surface area contributed by atoms with Gasteiger partial charge < -0.3 is 10.2 Å². The Hall–Kier alpha value is -0.670. The molecule has 2 nitrogen and oxygen atoms in total. The molecule has 1 aromatic carbocycles. The van der Waals surface area contributed by atoms with Crippen LogP contribution in [0.2, 0.25) is 0 Å². The first kappa shape index (κ1) is 10.4. The van der Waals surface area contributed by atoms with Crippen LogP contribution in [0.15, 0.2) is 17.0 Å². The lowest BCUT2D eigenvalue weighted by Gasteiger charge is -2.10. The van der Waals surface area contributed by atoms with Crippen molar-refractivity contribution < 1.29 is 10.2 Å². The first-order valence-corrected chi connectivity index (χ1v) is 5.39. The van der Waals surface area contributed by atoms with Gasteiger partial charge in [0.05, 0.1) is 0 Å². The molecular formula is C10H14O2S. The van der Waals surface area contributed by atoms with Crippen molar-refractivity contribution in [2.45, 2.75) is 18.2 Å². The van der Waals surface area contributed by atoms with Crippen LogP contribution in [0.3, 0.4) is 0 Å². The molecule has 0 atom stereocenters. The molecule has 0 radical (unpaired) electrons. The molecule has 0 aromatic heterocycles. The normalized spacial score (nSPS) is 10.4. The summed E-state index contributed by atoms with van der Waals surface area (Å²) in [6, 6.07) is 3.87. The van der Waals surface area contributed by atoms with Gasteiger partial charge in [-0.25, -0.2) is 0 Å². The fraction of sp³-hybridized carbons (Fsp3) is 0.400. The van der Waals surface area contributed by atoms with Crippen molar-refractivity contribution in [1.82, 2.24) is 0 Å². The van der Waals surface area contributed by atoms with E-state index in [1.165, 1.54) is 0 Å². The van der Waals surface area contributed by atoms with Crippen molar-refractivity contribution in [2.24, 2.45) is 0 Å². The summed E-state index contributed by atoms with van der Waals surface area (Å²) in [6.07, 6.45) is 2.48. The number of phenolic OH excluding ortho intramolecular Hbond substituents is 1. The molecule has 0 fully saturated rings. The zero-order valence-corrected chi connectivity index (χ0v) is 8.69. The molecular weight excluding hydrogens is 184 g/mol. The highest BCUT2D eigenvalue weighted by atomic mass is 32.2. The quantitative estimate of drug-likeness (QED) is 0.729. The van der Waals surface area contributed by atoms with E-state index >= 15 is 0 Å². The van der Waals surface area contributed by atoms with Crippen molar-refractivity contribution >= 4 is 11.8 Å². The van der Waals surface area contributed by atoms with E-state index in [0.29, 0.717) is 12.2 Å². The molecule has 13 heavy (non-hydrogen) atoms. The molecule has 0 saturated carbocycles. The zero-order chi connectivity index (χ0) is 9.84. The SMILES string of the molecule is CSc1ccc(C)c(O)c1CCO. The Labute approximate surface area is 82.6 Å². The zero-order valence-electron chi connectivity index (χ0n) is 7.87. The van der Waals surface area contributed by atoms with Gasteiger partial charge in [-0.1, -0.05) is 6.07 Å². The average molecular weight is 198 g/mol. The highest BCUT2D eigenvalue weighted by Crippen LogP contribution is 2.31. The minimum absolute atomic E-state index is 0.0740. The summed E-state index contributed by atoms with van der Waals surface area (Å²) in [5.41, 5.74) is 1.72. The predicted octanol–water partition coefficient (Wildman–Crippen LogP) is 1.96. The van der Waals surface area contributed by atoms with Crippen molar-refractivity contribution in [3.05, 3.63) is 23.3 Å². The minimum atomic E-state index is 0.0740. The Balaban J connectivity index is 3.15. The lowest BCUT2D eigenvalue weighted by atomic mass is 10.1. The summed E-state index contributed by atoms with van der Waals surface area (Å²) in [6.45, 7) is 1.94. The summed E-state index contributed by atoms with van der Waals surface area (Å²) < 4.78 is 0. The van der Waals surface area contributed by atoms with Gasteiger partial charge in [0, 0.05) is 23.5 Å². The molecule has 0 heterocycles. The second-order valence-corrected chi connectivity index (χ2v) is 3.73. The van der Waals surface area contributed by atoms with Crippen LogP contribution in [0.25, 0.3) is 0 Å². The van der Waals surface area contributed by atoms with E-state index in [9.17, 15) is 5.11 Å². The molecule has 0 amide bonds. The highest BCUT2D eigenvalue weighted by Gasteiger charge is 2.08. The Morgan fingerprint density at radius 3 is 2.62 bits per heavy atom. The molecule has 0 aliphatic heterocycles. The van der Waals surface area contributed by atoms with Crippen LogP contribution in [0.4, 0.5) is 0 Å². The van der Waals surface area contributed by atoms with Crippen LogP contribution in [0, 0.1) is 6.92 Å². The Kier molecular flexibility index (Phi) is 3.63. The van der Waals surface area contributed by atoms with Crippen LogP contribution in [-0.4, -0.2) is 23.1 Å². The van der Waals surface area contributed by atoms with Gasteiger partial charge in [0.25, 0.3) is 0 Å². The number of benzene rings is 1. The molecule has 0 aliphatic rings. The third-order valence-electron chi connectivity index (χ3n) is 2.02. The molecule has 0 saturated heterocycles. The maximum atomic E-state index is 9.72. The van der Waals surface area contributed by atoms with E-state index in [1.54, 1.807) is 11.8 Å². The largest absolute Gasteiger partial charge is 0.507 e. The van der Waals surface area contributed by atoms with Crippen LogP contribution in [-0.2, 0) is 6.42 Å². The third-order valence-corrected chi connectivity index (χ3v) is 2.85. The molecule has 0 unspecified atom stereocenters. The summed E-state index contributed by atoms with van der Waals surface area (Å²) in [5, 5.41) is 18.6. The summed E-state index contributed by atoms with van der Waals surface area (Å²) >= 11 is 1.59. The van der Waals surface area contributed by atoms with E-state index in [2.05, 4.69) is 0 Å². The average Bonchev–Trinajstić information content (AvgIpc) is 2.14. The first-order chi connectivity index (χ1) is 6.20. The maximum absolute atomic E-state index is 9.72. The lowest BCUT2D eigenvalue weighted by molar-refractivity contribution is 0.296. The molecule has 0 aliphatic carbocycles. The summed E-state index contributed by atoms with van der Waals surface area (Å²) in [5.74, 6) is 0.320. The van der Waals surface area contributed by atoms with E-state index in [1.807, 2.05) is 25.3 Å². The molecule has 1 aromatic rings. The Morgan fingerprint density at radius 2 is 2.08 bits per heavy atom. The fourth-order valence-electron chi connectivity index (χ4n) is 1.28. The van der Waals surface area contributed by atoms with Gasteiger partial charge >= 0.3 is 0 Å². The monoisotopic (exact) mass is 198 g/mol. The van der Waals surface area contributed by atoms with Crippen molar-refractivity contribution in [1.29, 1.82) is 0 Å². The number of hydrogen-bond donors (Lipinski definition) is 2. The van der Waals surface area contributed by atoms with Gasteiger partial charge in [-0.3, -0.25) is 0 Å². The number of aliphatic hydroxyl groups is 1. The van der Waals surface area contributed by atoms with Gasteiger partial charge in [-0.05, 0) is 24.8 Å². The van der Waals surface area contributed by atoms with Gasteiger partial charge in [-0.2, -0.15) is 0 Å². The van der Waals surface area contributed by atoms with Crippen LogP contribution < -0.4 is 0 Å². The lowest BCUT2D eigenvalue weighted by Crippen LogP contribution is -1.95. The van der Waals surface area contributed by atoms with E-state index < -0.39 is 0 Å². The number of thioether (sulfide) groups is 1. The van der Waals surface area contributed by atoms with Gasteiger partial charge in [-0.15, -0.1) is 11.8 Å². The standard InChI is InChI=1S/C10H14O2S/c1-7-3-4-9(13-2)8(5-6-11)10(7)12/h3-4,11-12H,5-6H2,1-2H3. The van der Waals surface area contributed by atoms with Crippen molar-refractivity contribution in [3.63, 3.8) is 0 Å². The summed E-state index contributed by atoms with van der Waals surface area (Å²) in [4.78, 5) is 1.04. The number of aromatic hydroxyl groups is 1. The van der Waals surface area contributed by atoms with E-state index in [0.717, 1.165) is 16.0 Å². The molecule has 2 N–H and O–H groups in total. The number of aryl methyl sites for hydroxylation is 1. The number of phenols is 1. The number of rotatable bonds is 3. The highest BCUT2D eigenvalue weighted by molar-refractivity contribution is 7.98. The number of aliphatic hydroxyl groups excluding tert-OH is 1. The molecule has 3 heteroatoms. The Morgan fingerprint density at radius 1 is 1.38 bits per heavy atom. The maximum Gasteiger partial charge on any atom is 0.122 e. The molecule has 1 rings (SSSR count). The van der Waals surface area contributed by atoms with Crippen molar-refractivity contribution in [2.75, 3.05) is 12.9 Å². The van der Waals surface area contributed by atoms with Gasteiger partial charge in [0.15, 0.2) is 0 Å². The van der Waals surface area contributed by atoms with E-state index in [-0.39, 0.29) is 6.61 Å². The first-order valence-electron chi connectivity index (χ1n) is 4.17. The third kappa shape index (κ3) is 2.17.